The molecule has 1 aromatic heterocycles. The first kappa shape index (κ1) is 9.96. The van der Waals surface area contributed by atoms with Gasteiger partial charge in [-0.2, -0.15) is 0 Å². The first-order valence-electron chi connectivity index (χ1n) is 3.94. The van der Waals surface area contributed by atoms with Crippen LogP contribution in [0.5, 0.6) is 0 Å². The van der Waals surface area contributed by atoms with Crippen LogP contribution in [0.1, 0.15) is 17.6 Å². The van der Waals surface area contributed by atoms with Gasteiger partial charge in [0.05, 0.1) is 0 Å². The molecule has 0 aliphatic carbocycles. The van der Waals surface area contributed by atoms with Crippen LogP contribution in [0.2, 0.25) is 0 Å². The van der Waals surface area contributed by atoms with Gasteiger partial charge in [0.2, 0.25) is 0 Å². The van der Waals surface area contributed by atoms with Crippen molar-refractivity contribution < 1.29 is 0 Å². The van der Waals surface area contributed by atoms with Gasteiger partial charge in [-0.1, -0.05) is 0 Å². The Kier molecular flexibility index (Phi) is 3.98. The molecule has 0 aliphatic heterocycles. The summed E-state index contributed by atoms with van der Waals surface area (Å²) < 4.78 is 0. The van der Waals surface area contributed by atoms with Crippen molar-refractivity contribution in [2.45, 2.75) is 25.8 Å². The molecule has 0 fully saturated rings. The highest BCUT2D eigenvalue weighted by Gasteiger charge is 1.99. The molecule has 12 heavy (non-hydrogen) atoms. The molecule has 68 valence electrons. The lowest BCUT2D eigenvalue weighted by atomic mass is 10.4. The molecule has 0 spiro atoms. The number of alkyl halides is 1. The van der Waals surface area contributed by atoms with Crippen LogP contribution in [-0.4, -0.2) is 16.9 Å². The van der Waals surface area contributed by atoms with Crippen molar-refractivity contribution in [2.24, 2.45) is 0 Å². The van der Waals surface area contributed by atoms with E-state index in [1.165, 1.54) is 0 Å². The third kappa shape index (κ3) is 3.52. The minimum absolute atomic E-state index is 0.186. The number of nitrogens with one attached hydrogen (secondary N) is 1. The lowest BCUT2D eigenvalue weighted by Crippen LogP contribution is -2.20. The van der Waals surface area contributed by atoms with Gasteiger partial charge in [-0.3, -0.25) is 0 Å². The average molecular weight is 205 g/mol. The number of nitrogens with zero attached hydrogens (tertiary/aromatic N) is 1. The molecule has 1 atom stereocenters. The second kappa shape index (κ2) is 4.80. The zero-order valence-corrected chi connectivity index (χ0v) is 8.87. The molecule has 0 aromatic carbocycles. The monoisotopic (exact) mass is 204 g/mol. The third-order valence-corrected chi connectivity index (χ3v) is 2.49. The van der Waals surface area contributed by atoms with Gasteiger partial charge >= 0.3 is 0 Å². The van der Waals surface area contributed by atoms with Crippen LogP contribution in [0, 0.1) is 6.92 Å². The summed E-state index contributed by atoms with van der Waals surface area (Å²) in [7, 11) is 0. The van der Waals surface area contributed by atoms with E-state index < -0.39 is 0 Å². The quantitative estimate of drug-likeness (QED) is 0.761. The number of rotatable bonds is 4. The maximum Gasteiger partial charge on any atom is 0.107 e. The SMILES string of the molecule is Cc1csc(CNCC(C)Cl)n1. The highest BCUT2D eigenvalue weighted by atomic mass is 35.5. The second-order valence-electron chi connectivity index (χ2n) is 2.79. The van der Waals surface area contributed by atoms with Crippen LogP contribution < -0.4 is 5.32 Å². The Balaban J connectivity index is 2.24. The summed E-state index contributed by atoms with van der Waals surface area (Å²) in [5.74, 6) is 0. The van der Waals surface area contributed by atoms with Crippen molar-refractivity contribution in [1.29, 1.82) is 0 Å². The van der Waals surface area contributed by atoms with Crippen molar-refractivity contribution in [1.82, 2.24) is 10.3 Å². The van der Waals surface area contributed by atoms with Crippen LogP contribution in [0.15, 0.2) is 5.38 Å². The van der Waals surface area contributed by atoms with E-state index in [-0.39, 0.29) is 5.38 Å². The van der Waals surface area contributed by atoms with Crippen LogP contribution in [0.4, 0.5) is 0 Å². The van der Waals surface area contributed by atoms with Crippen LogP contribution in [0.25, 0.3) is 0 Å². The Bertz CT molecular complexity index is 235. The summed E-state index contributed by atoms with van der Waals surface area (Å²) in [6.45, 7) is 5.64. The lowest BCUT2D eigenvalue weighted by Gasteiger charge is -2.02. The molecule has 1 N–H and O–H groups in total. The number of aromatic nitrogens is 1. The van der Waals surface area contributed by atoms with Gasteiger partial charge in [0.25, 0.3) is 0 Å². The van der Waals surface area contributed by atoms with Gasteiger partial charge in [-0.25, -0.2) is 4.98 Å². The molecule has 0 aliphatic rings. The first-order valence-corrected chi connectivity index (χ1v) is 5.26. The van der Waals surface area contributed by atoms with Crippen LogP contribution in [0.3, 0.4) is 0 Å². The maximum absolute atomic E-state index is 5.77. The van der Waals surface area contributed by atoms with E-state index >= 15 is 0 Å². The minimum Gasteiger partial charge on any atom is -0.309 e. The normalized spacial score (nSPS) is 13.2. The van der Waals surface area contributed by atoms with Crippen molar-refractivity contribution in [3.63, 3.8) is 0 Å². The molecular weight excluding hydrogens is 192 g/mol. The largest absolute Gasteiger partial charge is 0.309 e. The molecular formula is C8H13ClN2S. The van der Waals surface area contributed by atoms with Gasteiger partial charge in [0.15, 0.2) is 0 Å². The van der Waals surface area contributed by atoms with Crippen LogP contribution in [-0.2, 0) is 6.54 Å². The summed E-state index contributed by atoms with van der Waals surface area (Å²) in [5.41, 5.74) is 1.09. The van der Waals surface area contributed by atoms with E-state index in [0.717, 1.165) is 23.8 Å². The van der Waals surface area contributed by atoms with E-state index in [1.807, 2.05) is 13.8 Å². The van der Waals surface area contributed by atoms with Gasteiger partial charge in [0.1, 0.15) is 5.01 Å². The summed E-state index contributed by atoms with van der Waals surface area (Å²) >= 11 is 7.45. The second-order valence-corrected chi connectivity index (χ2v) is 4.48. The van der Waals surface area contributed by atoms with Gasteiger partial charge in [-0.05, 0) is 13.8 Å². The van der Waals surface area contributed by atoms with Gasteiger partial charge < -0.3 is 5.32 Å². The number of halogens is 1. The summed E-state index contributed by atoms with van der Waals surface area (Å²) in [4.78, 5) is 4.32. The number of thiazole rings is 1. The molecule has 0 saturated carbocycles. The van der Waals surface area contributed by atoms with Crippen molar-refractivity contribution in [3.8, 4) is 0 Å². The zero-order valence-electron chi connectivity index (χ0n) is 7.30. The Morgan fingerprint density at radius 1 is 1.75 bits per heavy atom. The fourth-order valence-electron chi connectivity index (χ4n) is 0.862. The fourth-order valence-corrected chi connectivity index (χ4v) is 1.71. The number of hydrogen-bond donors (Lipinski definition) is 1. The molecule has 2 nitrogen and oxygen atoms in total. The van der Waals surface area contributed by atoms with Crippen LogP contribution >= 0.6 is 22.9 Å². The van der Waals surface area contributed by atoms with E-state index in [2.05, 4.69) is 15.7 Å². The molecule has 0 radical (unpaired) electrons. The molecule has 0 saturated heterocycles. The predicted molar refractivity (Wildman–Crippen MR) is 53.9 cm³/mol. The predicted octanol–water partition coefficient (Wildman–Crippen LogP) is 2.17. The minimum atomic E-state index is 0.186. The van der Waals surface area contributed by atoms with Gasteiger partial charge in [0, 0.05) is 29.5 Å². The smallest absolute Gasteiger partial charge is 0.107 e. The van der Waals surface area contributed by atoms with E-state index in [0.29, 0.717) is 0 Å². The molecule has 0 bridgehead atoms. The summed E-state index contributed by atoms with van der Waals surface area (Å²) in [6, 6.07) is 0. The zero-order chi connectivity index (χ0) is 8.97. The van der Waals surface area contributed by atoms with Crippen molar-refractivity contribution >= 4 is 22.9 Å². The summed E-state index contributed by atoms with van der Waals surface area (Å²) in [5, 5.41) is 6.60. The lowest BCUT2D eigenvalue weighted by molar-refractivity contribution is 0.676. The maximum atomic E-state index is 5.77. The fraction of sp³-hybridized carbons (Fsp3) is 0.625. The molecule has 1 aromatic rings. The standard InChI is InChI=1S/C8H13ClN2S/c1-6(9)3-10-4-8-11-7(2)5-12-8/h5-6,10H,3-4H2,1-2H3. The van der Waals surface area contributed by atoms with Crippen molar-refractivity contribution in [2.75, 3.05) is 6.54 Å². The van der Waals surface area contributed by atoms with E-state index in [4.69, 9.17) is 11.6 Å². The molecule has 0 amide bonds. The molecule has 1 unspecified atom stereocenters. The Morgan fingerprint density at radius 2 is 2.50 bits per heavy atom. The van der Waals surface area contributed by atoms with E-state index in [9.17, 15) is 0 Å². The number of aryl methyl sites for hydroxylation is 1. The first-order chi connectivity index (χ1) is 5.68. The molecule has 1 heterocycles. The highest BCUT2D eigenvalue weighted by molar-refractivity contribution is 7.09. The Morgan fingerprint density at radius 3 is 3.00 bits per heavy atom. The molecule has 1 rings (SSSR count). The Labute approximate surface area is 82.0 Å². The Hall–Kier alpha value is -0.120. The van der Waals surface area contributed by atoms with E-state index in [1.54, 1.807) is 11.3 Å². The average Bonchev–Trinajstić information content (AvgIpc) is 2.35. The van der Waals surface area contributed by atoms with Gasteiger partial charge in [-0.15, -0.1) is 22.9 Å². The van der Waals surface area contributed by atoms with Crippen molar-refractivity contribution in [3.05, 3.63) is 16.1 Å². The third-order valence-electron chi connectivity index (χ3n) is 1.37. The molecule has 4 heteroatoms. The topological polar surface area (TPSA) is 24.9 Å². The summed E-state index contributed by atoms with van der Waals surface area (Å²) in [6.07, 6.45) is 0. The highest BCUT2D eigenvalue weighted by Crippen LogP contribution is 2.07. The number of hydrogen-bond acceptors (Lipinski definition) is 3.